The van der Waals surface area contributed by atoms with Crippen molar-refractivity contribution in [3.63, 3.8) is 0 Å². The predicted molar refractivity (Wildman–Crippen MR) is 107 cm³/mol. The maximum absolute atomic E-state index is 12.5. The van der Waals surface area contributed by atoms with Crippen LogP contribution in [0.2, 0.25) is 0 Å². The van der Waals surface area contributed by atoms with E-state index in [4.69, 9.17) is 24.1 Å². The Labute approximate surface area is 174 Å². The second kappa shape index (κ2) is 18.4. The summed E-state index contributed by atoms with van der Waals surface area (Å²) >= 11 is 0. The molecule has 29 heavy (non-hydrogen) atoms. The number of esters is 3. The first-order valence-electron chi connectivity index (χ1n) is 10.6. The van der Waals surface area contributed by atoms with Crippen molar-refractivity contribution >= 4 is 17.9 Å². The number of unbranched alkanes of at least 4 members (excludes halogenated alkanes) is 4. The zero-order chi connectivity index (χ0) is 21.9. The Morgan fingerprint density at radius 1 is 0.759 bits per heavy atom. The van der Waals surface area contributed by atoms with E-state index in [1.165, 1.54) is 0 Å². The minimum atomic E-state index is -0.981. The lowest BCUT2D eigenvalue weighted by molar-refractivity contribution is -0.164. The summed E-state index contributed by atoms with van der Waals surface area (Å²) < 4.78 is 20.6. The monoisotopic (exact) mass is 418 g/mol. The van der Waals surface area contributed by atoms with Crippen molar-refractivity contribution in [3.8, 4) is 0 Å². The van der Waals surface area contributed by atoms with Crippen LogP contribution in [0.4, 0.5) is 0 Å². The Kier molecular flexibility index (Phi) is 17.3. The van der Waals surface area contributed by atoms with Crippen molar-refractivity contribution in [3.05, 3.63) is 0 Å². The largest absolute Gasteiger partial charge is 0.466 e. The summed E-state index contributed by atoms with van der Waals surface area (Å²) in [5.74, 6) is -3.54. The van der Waals surface area contributed by atoms with E-state index in [2.05, 4.69) is 0 Å². The number of hydrogen-bond acceptors (Lipinski definition) is 8. The van der Waals surface area contributed by atoms with E-state index in [0.29, 0.717) is 6.61 Å². The van der Waals surface area contributed by atoms with Crippen LogP contribution in [-0.2, 0) is 33.3 Å². The summed E-state index contributed by atoms with van der Waals surface area (Å²) in [6.07, 6.45) is 5.18. The topological polar surface area (TPSA) is 108 Å². The highest BCUT2D eigenvalue weighted by molar-refractivity contribution is 5.85. The zero-order valence-electron chi connectivity index (χ0n) is 18.2. The molecule has 0 aromatic rings. The van der Waals surface area contributed by atoms with E-state index in [0.717, 1.165) is 38.5 Å². The van der Waals surface area contributed by atoms with Gasteiger partial charge in [-0.05, 0) is 12.8 Å². The Hall–Kier alpha value is -1.67. The van der Waals surface area contributed by atoms with Gasteiger partial charge in [0.1, 0.15) is 6.61 Å². The molecule has 0 rings (SSSR count). The van der Waals surface area contributed by atoms with E-state index in [1.54, 1.807) is 6.92 Å². The molecule has 170 valence electrons. The average molecular weight is 419 g/mol. The number of hydrogen-bond donors (Lipinski definition) is 1. The van der Waals surface area contributed by atoms with E-state index >= 15 is 0 Å². The van der Waals surface area contributed by atoms with Crippen LogP contribution in [-0.4, -0.2) is 62.7 Å². The molecule has 0 radical (unpaired) electrons. The number of carbonyl (C=O) groups is 3. The van der Waals surface area contributed by atoms with E-state index in [-0.39, 0.29) is 39.5 Å². The first-order valence-corrected chi connectivity index (χ1v) is 10.6. The highest BCUT2D eigenvalue weighted by atomic mass is 16.6. The van der Waals surface area contributed by atoms with Gasteiger partial charge in [-0.3, -0.25) is 14.4 Å². The van der Waals surface area contributed by atoms with Crippen LogP contribution in [0.3, 0.4) is 0 Å². The first-order chi connectivity index (χ1) is 14.0. The third-order valence-corrected chi connectivity index (χ3v) is 4.38. The minimum absolute atomic E-state index is 0.0286. The van der Waals surface area contributed by atoms with Gasteiger partial charge in [0.25, 0.3) is 0 Å². The number of aliphatic hydroxyl groups is 1. The van der Waals surface area contributed by atoms with Gasteiger partial charge in [-0.15, -0.1) is 0 Å². The lowest BCUT2D eigenvalue weighted by atomic mass is 9.91. The van der Waals surface area contributed by atoms with Crippen LogP contribution in [0.15, 0.2) is 0 Å². The number of aliphatic hydroxyl groups excluding tert-OH is 1. The standard InChI is InChI=1S/C21H38O8/c1-4-6-8-11-27-19(23)16-18(21(25)29-15-14-26-13-10-22)17(3)20(24)28-12-9-7-5-2/h17-18,22H,4-16H2,1-3H3. The fourth-order valence-electron chi connectivity index (χ4n) is 2.54. The fraction of sp³-hybridized carbons (Fsp3) is 0.857. The van der Waals surface area contributed by atoms with Gasteiger partial charge in [0.2, 0.25) is 0 Å². The van der Waals surface area contributed by atoms with Gasteiger partial charge in [0, 0.05) is 0 Å². The van der Waals surface area contributed by atoms with E-state index < -0.39 is 29.7 Å². The second-order valence-corrected chi connectivity index (χ2v) is 6.90. The fourth-order valence-corrected chi connectivity index (χ4v) is 2.54. The molecule has 8 heteroatoms. The Morgan fingerprint density at radius 2 is 1.34 bits per heavy atom. The van der Waals surface area contributed by atoms with Crippen LogP contribution in [0, 0.1) is 11.8 Å². The SMILES string of the molecule is CCCCCOC(=O)CC(C(=O)OCCOCCO)C(C)C(=O)OCCCCC. The number of carbonyl (C=O) groups excluding carboxylic acids is 3. The lowest BCUT2D eigenvalue weighted by Gasteiger charge is -2.21. The van der Waals surface area contributed by atoms with Crippen LogP contribution in [0.25, 0.3) is 0 Å². The summed E-state index contributed by atoms with van der Waals surface area (Å²) in [5.41, 5.74) is 0. The Balaban J connectivity index is 4.72. The van der Waals surface area contributed by atoms with Crippen molar-refractivity contribution in [2.24, 2.45) is 11.8 Å². The molecule has 0 aromatic carbocycles. The normalized spacial score (nSPS) is 12.8. The molecule has 0 saturated heterocycles. The molecular weight excluding hydrogens is 380 g/mol. The highest BCUT2D eigenvalue weighted by Crippen LogP contribution is 2.21. The molecule has 0 amide bonds. The average Bonchev–Trinajstić information content (AvgIpc) is 2.71. The highest BCUT2D eigenvalue weighted by Gasteiger charge is 2.35. The molecule has 2 unspecified atom stereocenters. The maximum Gasteiger partial charge on any atom is 0.310 e. The molecule has 0 heterocycles. The minimum Gasteiger partial charge on any atom is -0.466 e. The molecule has 1 N–H and O–H groups in total. The van der Waals surface area contributed by atoms with Crippen LogP contribution >= 0.6 is 0 Å². The molecule has 2 atom stereocenters. The van der Waals surface area contributed by atoms with Crippen molar-refractivity contribution in [1.29, 1.82) is 0 Å². The third-order valence-electron chi connectivity index (χ3n) is 4.38. The van der Waals surface area contributed by atoms with Gasteiger partial charge >= 0.3 is 17.9 Å². The van der Waals surface area contributed by atoms with E-state index in [1.807, 2.05) is 13.8 Å². The molecule has 0 fully saturated rings. The molecule has 0 aliphatic carbocycles. The van der Waals surface area contributed by atoms with E-state index in [9.17, 15) is 14.4 Å². The number of ether oxygens (including phenoxy) is 4. The molecule has 0 aliphatic rings. The lowest BCUT2D eigenvalue weighted by Crippen LogP contribution is -2.33. The van der Waals surface area contributed by atoms with Gasteiger partial charge in [-0.2, -0.15) is 0 Å². The maximum atomic E-state index is 12.5. The van der Waals surface area contributed by atoms with Gasteiger partial charge in [0.05, 0.1) is 51.3 Å². The van der Waals surface area contributed by atoms with Gasteiger partial charge in [-0.25, -0.2) is 0 Å². The van der Waals surface area contributed by atoms with Crippen LogP contribution < -0.4 is 0 Å². The summed E-state index contributed by atoms with van der Waals surface area (Å²) in [4.78, 5) is 36.9. The van der Waals surface area contributed by atoms with Crippen molar-refractivity contribution in [2.45, 2.75) is 65.7 Å². The number of rotatable bonds is 18. The zero-order valence-corrected chi connectivity index (χ0v) is 18.2. The molecular formula is C21H38O8. The Bertz CT molecular complexity index is 452. The molecule has 8 nitrogen and oxygen atoms in total. The van der Waals surface area contributed by atoms with Gasteiger partial charge < -0.3 is 24.1 Å². The quantitative estimate of drug-likeness (QED) is 0.206. The molecule has 0 spiro atoms. The molecule has 0 aliphatic heterocycles. The molecule has 0 saturated carbocycles. The predicted octanol–water partition coefficient (Wildman–Crippen LogP) is 2.65. The van der Waals surface area contributed by atoms with Crippen molar-refractivity contribution in [2.75, 3.05) is 39.6 Å². The Morgan fingerprint density at radius 3 is 1.93 bits per heavy atom. The summed E-state index contributed by atoms with van der Waals surface area (Å²) in [6.45, 7) is 6.34. The molecule has 0 aromatic heterocycles. The summed E-state index contributed by atoms with van der Waals surface area (Å²) in [7, 11) is 0. The van der Waals surface area contributed by atoms with Crippen LogP contribution in [0.1, 0.15) is 65.7 Å². The van der Waals surface area contributed by atoms with Gasteiger partial charge in [-0.1, -0.05) is 46.5 Å². The van der Waals surface area contributed by atoms with Crippen LogP contribution in [0.5, 0.6) is 0 Å². The first kappa shape index (κ1) is 27.3. The smallest absolute Gasteiger partial charge is 0.310 e. The molecule has 0 bridgehead atoms. The summed E-state index contributed by atoms with van der Waals surface area (Å²) in [5, 5.41) is 8.67. The van der Waals surface area contributed by atoms with Crippen molar-refractivity contribution in [1.82, 2.24) is 0 Å². The second-order valence-electron chi connectivity index (χ2n) is 6.90. The van der Waals surface area contributed by atoms with Crippen molar-refractivity contribution < 1.29 is 38.4 Å². The van der Waals surface area contributed by atoms with Gasteiger partial charge in [0.15, 0.2) is 0 Å². The third kappa shape index (κ3) is 14.0. The summed E-state index contributed by atoms with van der Waals surface area (Å²) in [6, 6.07) is 0.